The number of carbonyl (C=O) groups excluding carboxylic acids is 1. The van der Waals surface area contributed by atoms with Gasteiger partial charge in [-0.3, -0.25) is 4.79 Å². The van der Waals surface area contributed by atoms with Crippen molar-refractivity contribution in [3.05, 3.63) is 35.7 Å². The molecule has 2 unspecified atom stereocenters. The molecule has 1 amide bonds. The van der Waals surface area contributed by atoms with Crippen LogP contribution < -0.4 is 4.74 Å². The van der Waals surface area contributed by atoms with Crippen LogP contribution in [0.3, 0.4) is 0 Å². The average Bonchev–Trinajstić information content (AvgIpc) is 3.20. The molecular weight excluding hydrogens is 320 g/mol. The zero-order valence-corrected chi connectivity index (χ0v) is 14.9. The fraction of sp³-hybridized carbons (Fsp3) is 0.474. The van der Waals surface area contributed by atoms with Gasteiger partial charge < -0.3 is 19.2 Å². The number of oxazole rings is 1. The molecule has 0 spiro atoms. The molecule has 1 N–H and O–H groups in total. The highest BCUT2D eigenvalue weighted by Crippen LogP contribution is 2.28. The first kappa shape index (κ1) is 17.5. The Morgan fingerprint density at radius 3 is 2.80 bits per heavy atom. The summed E-state index contributed by atoms with van der Waals surface area (Å²) in [7, 11) is 1.61. The smallest absolute Gasteiger partial charge is 0.276 e. The molecule has 2 heterocycles. The van der Waals surface area contributed by atoms with Gasteiger partial charge in [0.05, 0.1) is 13.2 Å². The lowest BCUT2D eigenvalue weighted by atomic mass is 10.1. The van der Waals surface area contributed by atoms with Crippen LogP contribution in [0.1, 0.15) is 42.4 Å². The minimum Gasteiger partial charge on any atom is -0.497 e. The van der Waals surface area contributed by atoms with Crippen molar-refractivity contribution < 1.29 is 19.1 Å². The first-order chi connectivity index (χ1) is 12.0. The molecule has 25 heavy (non-hydrogen) atoms. The average molecular weight is 344 g/mol. The van der Waals surface area contributed by atoms with Crippen molar-refractivity contribution in [2.75, 3.05) is 13.7 Å². The maximum Gasteiger partial charge on any atom is 0.276 e. The van der Waals surface area contributed by atoms with Crippen LogP contribution in [0.2, 0.25) is 0 Å². The van der Waals surface area contributed by atoms with E-state index >= 15 is 0 Å². The second kappa shape index (κ2) is 7.27. The summed E-state index contributed by atoms with van der Waals surface area (Å²) in [4.78, 5) is 19.2. The molecule has 2 atom stereocenters. The molecule has 1 saturated heterocycles. The molecule has 1 aliphatic heterocycles. The highest BCUT2D eigenvalue weighted by Gasteiger charge is 2.32. The molecule has 1 fully saturated rings. The number of nitrogens with zero attached hydrogens (tertiary/aromatic N) is 2. The van der Waals surface area contributed by atoms with Crippen molar-refractivity contribution in [1.82, 2.24) is 9.88 Å². The highest BCUT2D eigenvalue weighted by molar-refractivity contribution is 5.94. The minimum atomic E-state index is -0.424. The Kier molecular flexibility index (Phi) is 5.08. The van der Waals surface area contributed by atoms with Crippen LogP contribution in [0.15, 0.2) is 28.7 Å². The number of methoxy groups -OCH3 is 1. The molecular formula is C19H24N2O4. The second-order valence-electron chi connectivity index (χ2n) is 6.53. The first-order valence-corrected chi connectivity index (χ1v) is 8.60. The Balaban J connectivity index is 1.82. The molecule has 0 radical (unpaired) electrons. The predicted molar refractivity (Wildman–Crippen MR) is 93.6 cm³/mol. The molecule has 6 nitrogen and oxygen atoms in total. The van der Waals surface area contributed by atoms with Gasteiger partial charge in [-0.05, 0) is 57.4 Å². The summed E-state index contributed by atoms with van der Waals surface area (Å²) in [5.41, 5.74) is 1.15. The molecule has 1 aromatic heterocycles. The molecule has 1 aliphatic rings. The van der Waals surface area contributed by atoms with Gasteiger partial charge in [0.2, 0.25) is 5.89 Å². The molecule has 2 aromatic rings. The van der Waals surface area contributed by atoms with Gasteiger partial charge in [-0.2, -0.15) is 0 Å². The maximum atomic E-state index is 12.9. The number of hydrogen-bond acceptors (Lipinski definition) is 5. The van der Waals surface area contributed by atoms with Crippen molar-refractivity contribution >= 4 is 5.91 Å². The monoisotopic (exact) mass is 344 g/mol. The van der Waals surface area contributed by atoms with E-state index < -0.39 is 6.10 Å². The summed E-state index contributed by atoms with van der Waals surface area (Å²) in [5, 5.41) is 9.65. The number of rotatable bonds is 5. The van der Waals surface area contributed by atoms with Crippen LogP contribution in [0.5, 0.6) is 5.75 Å². The van der Waals surface area contributed by atoms with E-state index in [1.54, 1.807) is 21.0 Å². The van der Waals surface area contributed by atoms with Crippen molar-refractivity contribution in [3.8, 4) is 17.2 Å². The van der Waals surface area contributed by atoms with Crippen LogP contribution in [0.4, 0.5) is 0 Å². The van der Waals surface area contributed by atoms with E-state index in [1.165, 1.54) is 0 Å². The number of aliphatic hydroxyl groups is 1. The molecule has 3 rings (SSSR count). The van der Waals surface area contributed by atoms with Crippen molar-refractivity contribution in [2.24, 2.45) is 0 Å². The largest absolute Gasteiger partial charge is 0.497 e. The zero-order valence-electron chi connectivity index (χ0n) is 14.9. The third kappa shape index (κ3) is 3.69. The molecule has 0 saturated carbocycles. The van der Waals surface area contributed by atoms with Crippen LogP contribution >= 0.6 is 0 Å². The Hall–Kier alpha value is -2.34. The molecule has 0 aliphatic carbocycles. The van der Waals surface area contributed by atoms with Gasteiger partial charge in [0.1, 0.15) is 11.5 Å². The van der Waals surface area contributed by atoms with Gasteiger partial charge in [-0.15, -0.1) is 0 Å². The SMILES string of the molecule is COc1ccc(-c2nc(C(=O)N3CCCC3CC(C)O)c(C)o2)cc1. The first-order valence-electron chi connectivity index (χ1n) is 8.60. The Labute approximate surface area is 147 Å². The third-order valence-electron chi connectivity index (χ3n) is 4.59. The van der Waals surface area contributed by atoms with Crippen LogP contribution in [-0.2, 0) is 0 Å². The molecule has 0 bridgehead atoms. The number of hydrogen-bond donors (Lipinski definition) is 1. The molecule has 134 valence electrons. The van der Waals surface area contributed by atoms with E-state index in [2.05, 4.69) is 4.98 Å². The summed E-state index contributed by atoms with van der Waals surface area (Å²) < 4.78 is 10.9. The lowest BCUT2D eigenvalue weighted by Gasteiger charge is -2.25. The van der Waals surface area contributed by atoms with E-state index in [0.29, 0.717) is 30.3 Å². The number of likely N-dealkylation sites (tertiary alicyclic amines) is 1. The minimum absolute atomic E-state index is 0.0630. The number of amides is 1. The zero-order chi connectivity index (χ0) is 18.0. The fourth-order valence-corrected chi connectivity index (χ4v) is 3.33. The van der Waals surface area contributed by atoms with Gasteiger partial charge in [0, 0.05) is 18.2 Å². The van der Waals surface area contributed by atoms with Crippen molar-refractivity contribution in [3.63, 3.8) is 0 Å². The van der Waals surface area contributed by atoms with Crippen LogP contribution in [0, 0.1) is 6.92 Å². The number of aromatic nitrogens is 1. The second-order valence-corrected chi connectivity index (χ2v) is 6.53. The van der Waals surface area contributed by atoms with E-state index in [0.717, 1.165) is 24.2 Å². The summed E-state index contributed by atoms with van der Waals surface area (Å²) in [5.74, 6) is 1.57. The third-order valence-corrected chi connectivity index (χ3v) is 4.59. The summed E-state index contributed by atoms with van der Waals surface area (Å²) in [6.07, 6.45) is 2.03. The molecule has 6 heteroatoms. The van der Waals surface area contributed by atoms with Gasteiger partial charge in [-0.1, -0.05) is 0 Å². The van der Waals surface area contributed by atoms with E-state index in [1.807, 2.05) is 29.2 Å². The van der Waals surface area contributed by atoms with Crippen LogP contribution in [0.25, 0.3) is 11.5 Å². The normalized spacial score (nSPS) is 18.4. The summed E-state index contributed by atoms with van der Waals surface area (Å²) >= 11 is 0. The lowest BCUT2D eigenvalue weighted by molar-refractivity contribution is 0.0675. The fourth-order valence-electron chi connectivity index (χ4n) is 3.33. The number of aryl methyl sites for hydroxylation is 1. The standard InChI is InChI=1S/C19H24N2O4/c1-12(22)11-15-5-4-10-21(15)19(23)17-13(2)25-18(20-17)14-6-8-16(24-3)9-7-14/h6-9,12,15,22H,4-5,10-11H2,1-3H3. The predicted octanol–water partition coefficient (Wildman–Crippen LogP) is 3.03. The summed E-state index contributed by atoms with van der Waals surface area (Å²) in [6, 6.07) is 7.42. The number of ether oxygens (including phenoxy) is 1. The topological polar surface area (TPSA) is 75.8 Å². The van der Waals surface area contributed by atoms with Gasteiger partial charge in [-0.25, -0.2) is 4.98 Å². The van der Waals surface area contributed by atoms with E-state index in [4.69, 9.17) is 9.15 Å². The lowest BCUT2D eigenvalue weighted by Crippen LogP contribution is -2.37. The van der Waals surface area contributed by atoms with Gasteiger partial charge in [0.25, 0.3) is 5.91 Å². The number of benzene rings is 1. The molecule has 1 aromatic carbocycles. The van der Waals surface area contributed by atoms with E-state index in [9.17, 15) is 9.90 Å². The maximum absolute atomic E-state index is 12.9. The van der Waals surface area contributed by atoms with E-state index in [-0.39, 0.29) is 11.9 Å². The summed E-state index contributed by atoms with van der Waals surface area (Å²) in [6.45, 7) is 4.21. The van der Waals surface area contributed by atoms with Gasteiger partial charge >= 0.3 is 0 Å². The Morgan fingerprint density at radius 1 is 1.44 bits per heavy atom. The number of carbonyl (C=O) groups is 1. The quantitative estimate of drug-likeness (QED) is 0.902. The Morgan fingerprint density at radius 2 is 2.16 bits per heavy atom. The van der Waals surface area contributed by atoms with Crippen molar-refractivity contribution in [1.29, 1.82) is 0 Å². The Bertz CT molecular complexity index is 736. The van der Waals surface area contributed by atoms with Gasteiger partial charge in [0.15, 0.2) is 5.69 Å². The van der Waals surface area contributed by atoms with Crippen molar-refractivity contribution in [2.45, 2.75) is 45.3 Å². The highest BCUT2D eigenvalue weighted by atomic mass is 16.5. The number of aliphatic hydroxyl groups excluding tert-OH is 1. The van der Waals surface area contributed by atoms with Crippen LogP contribution in [-0.4, -0.2) is 46.7 Å².